The lowest BCUT2D eigenvalue weighted by Gasteiger charge is -2.39. The van der Waals surface area contributed by atoms with Crippen LogP contribution in [0.15, 0.2) is 18.2 Å². The SMILES string of the molecule is COCC(C)(C)N(C(=O)C(F)(F)F)c1cc(F)ccc1C(=O)O. The molecule has 1 amide bonds. The molecule has 9 heteroatoms. The van der Waals surface area contributed by atoms with Gasteiger partial charge < -0.3 is 9.84 Å². The van der Waals surface area contributed by atoms with Crippen LogP contribution in [0.5, 0.6) is 0 Å². The van der Waals surface area contributed by atoms with Gasteiger partial charge in [-0.05, 0) is 32.0 Å². The Morgan fingerprint density at radius 3 is 2.26 bits per heavy atom. The molecule has 23 heavy (non-hydrogen) atoms. The number of methoxy groups -OCH3 is 1. The fraction of sp³-hybridized carbons (Fsp3) is 0.429. The largest absolute Gasteiger partial charge is 0.478 e. The second-order valence-corrected chi connectivity index (χ2v) is 5.35. The minimum atomic E-state index is -5.27. The third kappa shape index (κ3) is 4.19. The van der Waals surface area contributed by atoms with Crippen molar-refractivity contribution in [3.05, 3.63) is 29.6 Å². The molecule has 0 aliphatic rings. The minimum absolute atomic E-state index is 0.197. The first-order valence-electron chi connectivity index (χ1n) is 6.35. The van der Waals surface area contributed by atoms with Gasteiger partial charge in [0, 0.05) is 7.11 Å². The lowest BCUT2D eigenvalue weighted by atomic mass is 10.00. The predicted octanol–water partition coefficient (Wildman–Crippen LogP) is 2.84. The van der Waals surface area contributed by atoms with Gasteiger partial charge in [-0.1, -0.05) is 0 Å². The maximum Gasteiger partial charge on any atom is 0.471 e. The number of rotatable bonds is 5. The molecule has 0 heterocycles. The highest BCUT2D eigenvalue weighted by Crippen LogP contribution is 2.33. The van der Waals surface area contributed by atoms with Crippen molar-refractivity contribution in [2.24, 2.45) is 0 Å². The molecule has 0 aliphatic heterocycles. The van der Waals surface area contributed by atoms with Crippen molar-refractivity contribution in [3.63, 3.8) is 0 Å². The standard InChI is InChI=1S/C14H15F4NO4/c1-13(2,7-23-3)19(12(22)14(16,17)18)10-6-8(15)4-5-9(10)11(20)21/h4-6H,7H2,1-3H3,(H,20,21). The molecule has 1 aromatic rings. The topological polar surface area (TPSA) is 66.8 Å². The predicted molar refractivity (Wildman–Crippen MR) is 72.9 cm³/mol. The van der Waals surface area contributed by atoms with E-state index in [1.54, 1.807) is 0 Å². The van der Waals surface area contributed by atoms with Crippen LogP contribution in [0.3, 0.4) is 0 Å². The molecular formula is C14H15F4NO4. The molecule has 0 bridgehead atoms. The highest BCUT2D eigenvalue weighted by Gasteiger charge is 2.48. The summed E-state index contributed by atoms with van der Waals surface area (Å²) in [5.74, 6) is -4.88. The molecule has 0 atom stereocenters. The second kappa shape index (κ2) is 6.53. The Labute approximate surface area is 129 Å². The van der Waals surface area contributed by atoms with Crippen LogP contribution in [0, 0.1) is 5.82 Å². The monoisotopic (exact) mass is 337 g/mol. The van der Waals surface area contributed by atoms with E-state index < -0.39 is 40.7 Å². The molecule has 0 spiro atoms. The molecule has 1 rings (SSSR count). The molecule has 0 unspecified atom stereocenters. The Hall–Kier alpha value is -2.16. The van der Waals surface area contributed by atoms with E-state index in [1.807, 2.05) is 0 Å². The number of anilines is 1. The van der Waals surface area contributed by atoms with Crippen LogP contribution in [0.2, 0.25) is 0 Å². The van der Waals surface area contributed by atoms with E-state index in [0.29, 0.717) is 6.07 Å². The van der Waals surface area contributed by atoms with Crippen molar-refractivity contribution in [3.8, 4) is 0 Å². The van der Waals surface area contributed by atoms with Crippen molar-refractivity contribution < 1.29 is 37.0 Å². The number of carboxylic acid groups (broad SMARTS) is 1. The molecule has 0 fully saturated rings. The van der Waals surface area contributed by atoms with Crippen molar-refractivity contribution >= 4 is 17.6 Å². The van der Waals surface area contributed by atoms with Crippen molar-refractivity contribution in [1.29, 1.82) is 0 Å². The van der Waals surface area contributed by atoms with Gasteiger partial charge in [-0.15, -0.1) is 0 Å². The van der Waals surface area contributed by atoms with E-state index in [0.717, 1.165) is 12.1 Å². The van der Waals surface area contributed by atoms with E-state index >= 15 is 0 Å². The smallest absolute Gasteiger partial charge is 0.471 e. The molecule has 0 saturated carbocycles. The zero-order valence-corrected chi connectivity index (χ0v) is 12.6. The maximum atomic E-state index is 13.5. The fourth-order valence-corrected chi connectivity index (χ4v) is 2.13. The molecule has 1 N–H and O–H groups in total. The van der Waals surface area contributed by atoms with Gasteiger partial charge in [0.05, 0.1) is 23.4 Å². The van der Waals surface area contributed by atoms with Crippen molar-refractivity contribution in [2.45, 2.75) is 25.6 Å². The number of aromatic carboxylic acids is 1. The van der Waals surface area contributed by atoms with Crippen molar-refractivity contribution in [1.82, 2.24) is 0 Å². The lowest BCUT2D eigenvalue weighted by molar-refractivity contribution is -0.172. The summed E-state index contributed by atoms with van der Waals surface area (Å²) in [5, 5.41) is 9.11. The van der Waals surface area contributed by atoms with Gasteiger partial charge in [-0.25, -0.2) is 9.18 Å². The summed E-state index contributed by atoms with van der Waals surface area (Å²) in [6, 6.07) is 2.16. The number of alkyl halides is 3. The average molecular weight is 337 g/mol. The summed E-state index contributed by atoms with van der Waals surface area (Å²) in [6.07, 6.45) is -5.27. The van der Waals surface area contributed by atoms with Crippen LogP contribution >= 0.6 is 0 Å². The van der Waals surface area contributed by atoms with Gasteiger partial charge in [-0.3, -0.25) is 9.69 Å². The third-order valence-electron chi connectivity index (χ3n) is 2.98. The number of carbonyl (C=O) groups is 2. The highest BCUT2D eigenvalue weighted by atomic mass is 19.4. The van der Waals surface area contributed by atoms with Gasteiger partial charge >= 0.3 is 18.1 Å². The molecule has 128 valence electrons. The normalized spacial score (nSPS) is 12.1. The van der Waals surface area contributed by atoms with Crippen LogP contribution < -0.4 is 4.90 Å². The number of hydrogen-bond acceptors (Lipinski definition) is 3. The minimum Gasteiger partial charge on any atom is -0.478 e. The Bertz CT molecular complexity index is 613. The molecule has 0 radical (unpaired) electrons. The number of hydrogen-bond donors (Lipinski definition) is 1. The molecule has 5 nitrogen and oxygen atoms in total. The molecule has 1 aromatic carbocycles. The average Bonchev–Trinajstić information content (AvgIpc) is 2.36. The first kappa shape index (κ1) is 18.9. The fourth-order valence-electron chi connectivity index (χ4n) is 2.13. The molecule has 0 aromatic heterocycles. The van der Waals surface area contributed by atoms with E-state index in [4.69, 9.17) is 9.84 Å². The maximum absolute atomic E-state index is 13.5. The Morgan fingerprint density at radius 2 is 1.83 bits per heavy atom. The summed E-state index contributed by atoms with van der Waals surface area (Å²) in [7, 11) is 1.21. The third-order valence-corrected chi connectivity index (χ3v) is 2.98. The summed E-state index contributed by atoms with van der Waals surface area (Å²) >= 11 is 0. The number of nitrogens with zero attached hydrogens (tertiary/aromatic N) is 1. The Balaban J connectivity index is 3.62. The first-order valence-corrected chi connectivity index (χ1v) is 6.35. The Morgan fingerprint density at radius 1 is 1.26 bits per heavy atom. The molecule has 0 aliphatic carbocycles. The molecular weight excluding hydrogens is 322 g/mol. The molecule has 0 saturated heterocycles. The number of carboxylic acids is 1. The summed E-state index contributed by atoms with van der Waals surface area (Å²) in [5.41, 5.74) is -2.89. The van der Waals surface area contributed by atoms with Crippen LogP contribution in [0.4, 0.5) is 23.2 Å². The number of halogens is 4. The Kier molecular flexibility index (Phi) is 5.36. The zero-order valence-electron chi connectivity index (χ0n) is 12.6. The van der Waals surface area contributed by atoms with Crippen LogP contribution in [-0.2, 0) is 9.53 Å². The number of benzene rings is 1. The van der Waals surface area contributed by atoms with Gasteiger partial charge in [0.25, 0.3) is 0 Å². The van der Waals surface area contributed by atoms with Gasteiger partial charge in [0.2, 0.25) is 0 Å². The summed E-state index contributed by atoms with van der Waals surface area (Å²) in [4.78, 5) is 23.2. The lowest BCUT2D eigenvalue weighted by Crippen LogP contribution is -2.55. The van der Waals surface area contributed by atoms with Crippen molar-refractivity contribution in [2.75, 3.05) is 18.6 Å². The van der Waals surface area contributed by atoms with Gasteiger partial charge in [0.15, 0.2) is 0 Å². The number of amides is 1. The van der Waals surface area contributed by atoms with Crippen LogP contribution in [0.25, 0.3) is 0 Å². The van der Waals surface area contributed by atoms with E-state index in [1.165, 1.54) is 21.0 Å². The van der Waals surface area contributed by atoms with E-state index in [2.05, 4.69) is 0 Å². The van der Waals surface area contributed by atoms with Gasteiger partial charge in [0.1, 0.15) is 5.82 Å². The van der Waals surface area contributed by atoms with Crippen LogP contribution in [-0.4, -0.2) is 42.4 Å². The van der Waals surface area contributed by atoms with Crippen LogP contribution in [0.1, 0.15) is 24.2 Å². The summed E-state index contributed by atoms with van der Waals surface area (Å²) in [6.45, 7) is 2.16. The number of carbonyl (C=O) groups excluding carboxylic acids is 1. The zero-order chi connectivity index (χ0) is 18.0. The number of ether oxygens (including phenoxy) is 1. The summed E-state index contributed by atoms with van der Waals surface area (Å²) < 4.78 is 57.0. The quantitative estimate of drug-likeness (QED) is 0.839. The van der Waals surface area contributed by atoms with Gasteiger partial charge in [-0.2, -0.15) is 13.2 Å². The highest BCUT2D eigenvalue weighted by molar-refractivity contribution is 6.04. The second-order valence-electron chi connectivity index (χ2n) is 5.35. The first-order chi connectivity index (χ1) is 10.4. The van der Waals surface area contributed by atoms with E-state index in [9.17, 15) is 27.2 Å². The van der Waals surface area contributed by atoms with E-state index in [-0.39, 0.29) is 11.5 Å².